The Morgan fingerprint density at radius 2 is 1.81 bits per heavy atom. The highest BCUT2D eigenvalue weighted by Crippen LogP contribution is 2.30. The van der Waals surface area contributed by atoms with E-state index in [4.69, 9.17) is 8.92 Å². The first kappa shape index (κ1) is 21.8. The molecule has 4 rings (SSSR count). The molecule has 1 fully saturated rings. The summed E-state index contributed by atoms with van der Waals surface area (Å²) in [6.07, 6.45) is 1.42. The summed E-state index contributed by atoms with van der Waals surface area (Å²) in [4.78, 5) is 11.6. The fraction of sp³-hybridized carbons (Fsp3) is 0.136. The standard InChI is InChI=1S/C22H19N3O5S2/c1-14-21(26)24-22(31-14)25-23-13-19-18-6-4-3-5-15(18)7-12-20(19)30-32(27,28)17-10-8-16(29-2)9-11-17/h3-14H,1-2H3,(H,24,25,26)/b23-13-/t14-/m0/s1. The summed E-state index contributed by atoms with van der Waals surface area (Å²) in [5.74, 6) is 0.511. The van der Waals surface area contributed by atoms with E-state index in [-0.39, 0.29) is 21.8 Å². The molecule has 0 saturated carbocycles. The number of amidine groups is 1. The van der Waals surface area contributed by atoms with Crippen LogP contribution in [0.2, 0.25) is 0 Å². The number of amides is 1. The summed E-state index contributed by atoms with van der Waals surface area (Å²) >= 11 is 1.27. The van der Waals surface area contributed by atoms with Crippen LogP contribution in [0.15, 0.2) is 75.8 Å². The van der Waals surface area contributed by atoms with E-state index in [0.29, 0.717) is 16.5 Å². The molecular formula is C22H19N3O5S2. The molecule has 32 heavy (non-hydrogen) atoms. The first-order valence-electron chi connectivity index (χ1n) is 9.56. The molecule has 0 aliphatic carbocycles. The summed E-state index contributed by atoms with van der Waals surface area (Å²) in [6.45, 7) is 1.77. The van der Waals surface area contributed by atoms with Crippen molar-refractivity contribution < 1.29 is 22.1 Å². The third-order valence-corrected chi connectivity index (χ3v) is 6.92. The zero-order valence-electron chi connectivity index (χ0n) is 17.2. The molecule has 3 aromatic carbocycles. The number of carbonyl (C=O) groups excluding carboxylic acids is 1. The Morgan fingerprint density at radius 1 is 1.06 bits per heavy atom. The predicted molar refractivity (Wildman–Crippen MR) is 125 cm³/mol. The Hall–Kier alpha value is -3.37. The van der Waals surface area contributed by atoms with Gasteiger partial charge in [-0.05, 0) is 48.0 Å². The van der Waals surface area contributed by atoms with Gasteiger partial charge in [-0.1, -0.05) is 42.1 Å². The molecule has 1 aliphatic heterocycles. The number of hydrogen-bond acceptors (Lipinski definition) is 8. The highest BCUT2D eigenvalue weighted by Gasteiger charge is 2.25. The van der Waals surface area contributed by atoms with E-state index in [9.17, 15) is 13.2 Å². The number of nitrogens with one attached hydrogen (secondary N) is 1. The van der Waals surface area contributed by atoms with E-state index < -0.39 is 10.1 Å². The number of benzene rings is 3. The fourth-order valence-corrected chi connectivity index (χ4v) is 4.74. The molecule has 1 saturated heterocycles. The lowest BCUT2D eigenvalue weighted by Crippen LogP contribution is -2.23. The largest absolute Gasteiger partial charge is 0.497 e. The minimum atomic E-state index is -4.10. The van der Waals surface area contributed by atoms with Gasteiger partial charge in [-0.3, -0.25) is 4.79 Å². The Bertz CT molecular complexity index is 1340. The van der Waals surface area contributed by atoms with Gasteiger partial charge in [0, 0.05) is 5.56 Å². The van der Waals surface area contributed by atoms with Gasteiger partial charge < -0.3 is 14.2 Å². The molecule has 0 spiro atoms. The number of nitrogens with zero attached hydrogens (tertiary/aromatic N) is 2. The van der Waals surface area contributed by atoms with Gasteiger partial charge >= 0.3 is 10.1 Å². The quantitative estimate of drug-likeness (QED) is 0.336. The predicted octanol–water partition coefficient (Wildman–Crippen LogP) is 3.56. The van der Waals surface area contributed by atoms with Crippen LogP contribution >= 0.6 is 11.8 Å². The normalized spacial score (nSPS) is 17.8. The maximum Gasteiger partial charge on any atom is 0.339 e. The van der Waals surface area contributed by atoms with E-state index in [1.807, 2.05) is 24.3 Å². The molecule has 1 amide bonds. The first-order chi connectivity index (χ1) is 15.4. The van der Waals surface area contributed by atoms with Crippen molar-refractivity contribution in [2.24, 2.45) is 10.2 Å². The van der Waals surface area contributed by atoms with Gasteiger partial charge in [0.25, 0.3) is 0 Å². The second-order valence-electron chi connectivity index (χ2n) is 6.81. The summed E-state index contributed by atoms with van der Waals surface area (Å²) < 4.78 is 36.3. The minimum absolute atomic E-state index is 0.00588. The molecule has 164 valence electrons. The molecule has 0 radical (unpaired) electrons. The van der Waals surface area contributed by atoms with E-state index in [0.717, 1.165) is 10.8 Å². The molecular weight excluding hydrogens is 450 g/mol. The topological polar surface area (TPSA) is 106 Å². The van der Waals surface area contributed by atoms with Crippen LogP contribution < -0.4 is 14.2 Å². The Labute approximate surface area is 189 Å². The molecule has 8 nitrogen and oxygen atoms in total. The van der Waals surface area contributed by atoms with Gasteiger partial charge in [0.05, 0.1) is 18.6 Å². The highest BCUT2D eigenvalue weighted by molar-refractivity contribution is 8.15. The van der Waals surface area contributed by atoms with Gasteiger partial charge in [-0.25, -0.2) is 0 Å². The maximum atomic E-state index is 12.9. The van der Waals surface area contributed by atoms with E-state index >= 15 is 0 Å². The number of fused-ring (bicyclic) bond motifs is 1. The van der Waals surface area contributed by atoms with Crippen LogP contribution in [-0.4, -0.2) is 38.1 Å². The van der Waals surface area contributed by atoms with Crippen LogP contribution in [0.3, 0.4) is 0 Å². The third-order valence-electron chi connectivity index (χ3n) is 4.70. The summed E-state index contributed by atoms with van der Waals surface area (Å²) in [5, 5.41) is 12.5. The number of thioether (sulfide) groups is 1. The molecule has 10 heteroatoms. The van der Waals surface area contributed by atoms with Gasteiger partial charge in [0.1, 0.15) is 10.6 Å². The second kappa shape index (κ2) is 9.01. The van der Waals surface area contributed by atoms with Crippen molar-refractivity contribution in [2.75, 3.05) is 7.11 Å². The Balaban J connectivity index is 1.70. The molecule has 0 bridgehead atoms. The summed E-state index contributed by atoms with van der Waals surface area (Å²) in [5.41, 5.74) is 0.451. The van der Waals surface area contributed by atoms with Crippen molar-refractivity contribution in [3.05, 3.63) is 66.2 Å². The summed E-state index contributed by atoms with van der Waals surface area (Å²) in [6, 6.07) is 16.7. The zero-order valence-corrected chi connectivity index (χ0v) is 18.8. The lowest BCUT2D eigenvalue weighted by atomic mass is 10.0. The van der Waals surface area contributed by atoms with E-state index in [1.165, 1.54) is 37.2 Å². The molecule has 1 atom stereocenters. The van der Waals surface area contributed by atoms with Crippen LogP contribution in [-0.2, 0) is 14.9 Å². The zero-order chi connectivity index (χ0) is 22.7. The Kier molecular flexibility index (Phi) is 6.15. The van der Waals surface area contributed by atoms with Gasteiger partial charge in [0.15, 0.2) is 10.9 Å². The number of carbonyl (C=O) groups is 1. The summed E-state index contributed by atoms with van der Waals surface area (Å²) in [7, 11) is -2.60. The lowest BCUT2D eigenvalue weighted by molar-refractivity contribution is -0.118. The second-order valence-corrected chi connectivity index (χ2v) is 9.69. The Morgan fingerprint density at radius 3 is 2.50 bits per heavy atom. The average molecular weight is 470 g/mol. The SMILES string of the molecule is COc1ccc(S(=O)(=O)Oc2ccc3ccccc3c2/C=N\N=C2\NC(=O)[C@H](C)S2)cc1. The van der Waals surface area contributed by atoms with Gasteiger partial charge in [-0.15, -0.1) is 5.10 Å². The van der Waals surface area contributed by atoms with Crippen molar-refractivity contribution in [2.45, 2.75) is 17.1 Å². The van der Waals surface area contributed by atoms with Crippen molar-refractivity contribution in [3.8, 4) is 11.5 Å². The average Bonchev–Trinajstić information content (AvgIpc) is 3.12. The lowest BCUT2D eigenvalue weighted by Gasteiger charge is -2.12. The monoisotopic (exact) mass is 469 g/mol. The first-order valence-corrected chi connectivity index (χ1v) is 11.8. The molecule has 1 heterocycles. The van der Waals surface area contributed by atoms with Crippen LogP contribution in [0.25, 0.3) is 10.8 Å². The maximum absolute atomic E-state index is 12.9. The van der Waals surface area contributed by atoms with Crippen LogP contribution in [0, 0.1) is 0 Å². The van der Waals surface area contributed by atoms with Crippen LogP contribution in [0.4, 0.5) is 0 Å². The number of rotatable bonds is 6. The van der Waals surface area contributed by atoms with E-state index in [1.54, 1.807) is 31.2 Å². The number of ether oxygens (including phenoxy) is 1. The van der Waals surface area contributed by atoms with Crippen molar-refractivity contribution in [1.29, 1.82) is 0 Å². The number of methoxy groups -OCH3 is 1. The van der Waals surface area contributed by atoms with Crippen molar-refractivity contribution >= 4 is 49.9 Å². The minimum Gasteiger partial charge on any atom is -0.497 e. The fourth-order valence-electron chi connectivity index (χ4n) is 3.04. The van der Waals surface area contributed by atoms with E-state index in [2.05, 4.69) is 15.5 Å². The van der Waals surface area contributed by atoms with Crippen LogP contribution in [0.1, 0.15) is 12.5 Å². The molecule has 1 N–H and O–H groups in total. The smallest absolute Gasteiger partial charge is 0.339 e. The third kappa shape index (κ3) is 4.61. The van der Waals surface area contributed by atoms with Crippen molar-refractivity contribution in [3.63, 3.8) is 0 Å². The molecule has 0 aromatic heterocycles. The molecule has 1 aliphatic rings. The van der Waals surface area contributed by atoms with Gasteiger partial charge in [-0.2, -0.15) is 13.5 Å². The van der Waals surface area contributed by atoms with Crippen molar-refractivity contribution in [1.82, 2.24) is 5.32 Å². The van der Waals surface area contributed by atoms with Crippen LogP contribution in [0.5, 0.6) is 11.5 Å². The highest BCUT2D eigenvalue weighted by atomic mass is 32.2. The molecule has 0 unspecified atom stereocenters. The van der Waals surface area contributed by atoms with Gasteiger partial charge in [0.2, 0.25) is 5.91 Å². The molecule has 3 aromatic rings. The number of hydrogen-bond donors (Lipinski definition) is 1.